The highest BCUT2D eigenvalue weighted by molar-refractivity contribution is 7.90. The Bertz CT molecular complexity index is 1190. The van der Waals surface area contributed by atoms with Gasteiger partial charge in [0.2, 0.25) is 0 Å². The topological polar surface area (TPSA) is 81.1 Å². The summed E-state index contributed by atoms with van der Waals surface area (Å²) < 4.78 is 65.8. The second-order valence-corrected chi connectivity index (χ2v) is 8.25. The molecule has 0 atom stereocenters. The number of sulfonamides is 1. The fraction of sp³-hybridized carbons (Fsp3) is 0.0588. The fourth-order valence-corrected chi connectivity index (χ4v) is 3.87. The van der Waals surface area contributed by atoms with Crippen molar-refractivity contribution < 1.29 is 26.4 Å². The van der Waals surface area contributed by atoms with Crippen LogP contribution in [-0.4, -0.2) is 23.9 Å². The molecule has 3 rings (SSSR count). The van der Waals surface area contributed by atoms with Crippen LogP contribution in [0.15, 0.2) is 59.9 Å². The van der Waals surface area contributed by atoms with Gasteiger partial charge in [0, 0.05) is 11.2 Å². The molecule has 1 heterocycles. The van der Waals surface area contributed by atoms with Gasteiger partial charge >= 0.3 is 6.18 Å². The molecule has 2 aromatic carbocycles. The van der Waals surface area contributed by atoms with Gasteiger partial charge in [0.05, 0.1) is 21.2 Å². The molecule has 0 aliphatic rings. The molecule has 0 fully saturated rings. The predicted octanol–water partition coefficient (Wildman–Crippen LogP) is 4.32. The maximum absolute atomic E-state index is 12.7. The van der Waals surface area contributed by atoms with E-state index in [0.29, 0.717) is 0 Å². The van der Waals surface area contributed by atoms with Gasteiger partial charge in [-0.05, 0) is 36.4 Å². The third kappa shape index (κ3) is 4.72. The predicted molar refractivity (Wildman–Crippen MR) is 99.7 cm³/mol. The van der Waals surface area contributed by atoms with Crippen molar-refractivity contribution in [3.8, 4) is 5.69 Å². The molecular formula is C17H10Cl2F3N3O3S. The van der Waals surface area contributed by atoms with E-state index in [0.717, 1.165) is 36.8 Å². The lowest BCUT2D eigenvalue weighted by Gasteiger charge is -2.10. The molecule has 12 heteroatoms. The fourth-order valence-electron chi connectivity index (χ4n) is 2.33. The van der Waals surface area contributed by atoms with Crippen molar-refractivity contribution in [1.82, 2.24) is 14.3 Å². The minimum atomic E-state index is -4.56. The molecule has 0 aliphatic carbocycles. The molecule has 0 saturated carbocycles. The summed E-state index contributed by atoms with van der Waals surface area (Å²) in [5, 5.41) is -0.0581. The number of alkyl halides is 3. The van der Waals surface area contributed by atoms with Crippen LogP contribution in [0.4, 0.5) is 13.2 Å². The van der Waals surface area contributed by atoms with Crippen molar-refractivity contribution in [2.75, 3.05) is 0 Å². The summed E-state index contributed by atoms with van der Waals surface area (Å²) in [6.07, 6.45) is -2.30. The summed E-state index contributed by atoms with van der Waals surface area (Å²) in [5.41, 5.74) is -1.09. The number of carbonyl (C=O) groups is 1. The minimum Gasteiger partial charge on any atom is -0.304 e. The molecule has 1 N–H and O–H groups in total. The second-order valence-electron chi connectivity index (χ2n) is 5.72. The van der Waals surface area contributed by atoms with Crippen LogP contribution in [-0.2, 0) is 16.2 Å². The van der Waals surface area contributed by atoms with E-state index in [1.165, 1.54) is 22.8 Å². The Morgan fingerprint density at radius 3 is 2.45 bits per heavy atom. The van der Waals surface area contributed by atoms with Gasteiger partial charge in [-0.2, -0.15) is 13.2 Å². The van der Waals surface area contributed by atoms with Crippen molar-refractivity contribution in [3.05, 3.63) is 76.3 Å². The molecular weight excluding hydrogens is 454 g/mol. The Morgan fingerprint density at radius 1 is 1.10 bits per heavy atom. The number of aromatic nitrogens is 2. The van der Waals surface area contributed by atoms with Gasteiger partial charge in [-0.1, -0.05) is 29.3 Å². The van der Waals surface area contributed by atoms with Gasteiger partial charge in [-0.25, -0.2) is 18.1 Å². The lowest BCUT2D eigenvalue weighted by molar-refractivity contribution is -0.137. The summed E-state index contributed by atoms with van der Waals surface area (Å²) in [5.74, 6) is -1.04. The first-order chi connectivity index (χ1) is 13.5. The van der Waals surface area contributed by atoms with E-state index in [1.807, 2.05) is 4.72 Å². The zero-order valence-corrected chi connectivity index (χ0v) is 16.4. The minimum absolute atomic E-state index is 0.129. The molecule has 6 nitrogen and oxygen atoms in total. The Balaban J connectivity index is 1.84. The molecule has 1 amide bonds. The Morgan fingerprint density at radius 2 is 1.83 bits per heavy atom. The smallest absolute Gasteiger partial charge is 0.304 e. The van der Waals surface area contributed by atoms with Crippen LogP contribution in [0.2, 0.25) is 10.0 Å². The number of nitrogens with zero attached hydrogens (tertiary/aromatic N) is 2. The number of halogens is 5. The molecule has 152 valence electrons. The first-order valence-electron chi connectivity index (χ1n) is 7.71. The highest BCUT2D eigenvalue weighted by Crippen LogP contribution is 2.33. The van der Waals surface area contributed by atoms with E-state index in [1.54, 1.807) is 0 Å². The summed E-state index contributed by atoms with van der Waals surface area (Å²) >= 11 is 11.7. The van der Waals surface area contributed by atoms with Crippen molar-refractivity contribution in [2.24, 2.45) is 0 Å². The summed E-state index contributed by atoms with van der Waals surface area (Å²) in [7, 11) is -4.20. The average molecular weight is 464 g/mol. The van der Waals surface area contributed by atoms with Crippen molar-refractivity contribution in [2.45, 2.75) is 11.1 Å². The largest absolute Gasteiger partial charge is 0.416 e. The lowest BCUT2D eigenvalue weighted by atomic mass is 10.2. The van der Waals surface area contributed by atoms with Crippen molar-refractivity contribution in [1.29, 1.82) is 0 Å². The van der Waals surface area contributed by atoms with Crippen LogP contribution >= 0.6 is 23.2 Å². The Hall–Kier alpha value is -2.56. The van der Waals surface area contributed by atoms with Gasteiger partial charge in [0.1, 0.15) is 12.0 Å². The van der Waals surface area contributed by atoms with E-state index in [4.69, 9.17) is 23.2 Å². The van der Waals surface area contributed by atoms with Crippen LogP contribution < -0.4 is 4.72 Å². The van der Waals surface area contributed by atoms with E-state index in [9.17, 15) is 26.4 Å². The number of nitrogens with one attached hydrogen (secondary N) is 1. The second kappa shape index (κ2) is 7.69. The first-order valence-corrected chi connectivity index (χ1v) is 9.95. The Kier molecular flexibility index (Phi) is 5.61. The standard InChI is InChI=1S/C17H10Cl2F3N3O3S/c18-11-2-1-3-12(7-11)29(27,28)24-16(26)14-8-25(9-23-14)15-5-4-10(6-13(15)19)17(20,21)22/h1-9H,(H,24,26). The molecule has 0 saturated heterocycles. The molecule has 0 bridgehead atoms. The zero-order valence-electron chi connectivity index (χ0n) is 14.1. The number of benzene rings is 2. The summed E-state index contributed by atoms with van der Waals surface area (Å²) in [6, 6.07) is 7.96. The molecule has 1 aromatic heterocycles. The van der Waals surface area contributed by atoms with Crippen molar-refractivity contribution >= 4 is 39.1 Å². The molecule has 0 unspecified atom stereocenters. The van der Waals surface area contributed by atoms with E-state index in [-0.39, 0.29) is 26.3 Å². The maximum Gasteiger partial charge on any atom is 0.416 e. The quantitative estimate of drug-likeness (QED) is 0.624. The van der Waals surface area contributed by atoms with Gasteiger partial charge in [-0.15, -0.1) is 0 Å². The zero-order chi connectivity index (χ0) is 21.4. The number of amides is 1. The monoisotopic (exact) mass is 463 g/mol. The molecule has 0 aliphatic heterocycles. The molecule has 3 aromatic rings. The van der Waals surface area contributed by atoms with Crippen LogP contribution in [0.25, 0.3) is 5.69 Å². The number of hydrogen-bond acceptors (Lipinski definition) is 4. The van der Waals surface area contributed by atoms with E-state index >= 15 is 0 Å². The SMILES string of the molecule is O=C(NS(=O)(=O)c1cccc(Cl)c1)c1cn(-c2ccc(C(F)(F)F)cc2Cl)cn1. The van der Waals surface area contributed by atoms with Gasteiger partial charge in [-0.3, -0.25) is 4.79 Å². The van der Waals surface area contributed by atoms with E-state index in [2.05, 4.69) is 4.98 Å². The van der Waals surface area contributed by atoms with E-state index < -0.39 is 27.7 Å². The molecule has 29 heavy (non-hydrogen) atoms. The first kappa shape index (κ1) is 21.2. The number of hydrogen-bond donors (Lipinski definition) is 1. The van der Waals surface area contributed by atoms with Gasteiger partial charge < -0.3 is 4.57 Å². The Labute approximate surface area is 172 Å². The van der Waals surface area contributed by atoms with Crippen LogP contribution in [0.3, 0.4) is 0 Å². The number of rotatable bonds is 4. The summed E-state index contributed by atoms with van der Waals surface area (Å²) in [6.45, 7) is 0. The number of imidazole rings is 1. The summed E-state index contributed by atoms with van der Waals surface area (Å²) in [4.78, 5) is 15.8. The highest BCUT2D eigenvalue weighted by atomic mass is 35.5. The van der Waals surface area contributed by atoms with Crippen molar-refractivity contribution in [3.63, 3.8) is 0 Å². The molecule has 0 spiro atoms. The van der Waals surface area contributed by atoms with Crippen LogP contribution in [0, 0.1) is 0 Å². The molecule has 0 radical (unpaired) electrons. The lowest BCUT2D eigenvalue weighted by Crippen LogP contribution is -2.30. The normalized spacial score (nSPS) is 12.0. The van der Waals surface area contributed by atoms with Crippen LogP contribution in [0.5, 0.6) is 0 Å². The van der Waals surface area contributed by atoms with Crippen LogP contribution in [0.1, 0.15) is 16.1 Å². The maximum atomic E-state index is 12.7. The third-order valence-electron chi connectivity index (χ3n) is 3.70. The highest BCUT2D eigenvalue weighted by Gasteiger charge is 2.31. The number of carbonyl (C=O) groups excluding carboxylic acids is 1. The third-order valence-corrected chi connectivity index (χ3v) is 5.57. The average Bonchev–Trinajstić information content (AvgIpc) is 3.10. The van der Waals surface area contributed by atoms with Gasteiger partial charge in [0.25, 0.3) is 15.9 Å². The van der Waals surface area contributed by atoms with Gasteiger partial charge in [0.15, 0.2) is 0 Å².